The van der Waals surface area contributed by atoms with Gasteiger partial charge in [0.05, 0.1) is 55.7 Å². The van der Waals surface area contributed by atoms with Crippen LogP contribution in [0.5, 0.6) is 0 Å². The van der Waals surface area contributed by atoms with Crippen LogP contribution in [0, 0.1) is 23.7 Å². The average molecular weight is 831 g/mol. The monoisotopic (exact) mass is 830 g/mol. The quantitative estimate of drug-likeness (QED) is 0.131. The van der Waals surface area contributed by atoms with E-state index < -0.39 is 24.3 Å². The van der Waals surface area contributed by atoms with E-state index in [0.29, 0.717) is 18.4 Å². The predicted molar refractivity (Wildman–Crippen MR) is 223 cm³/mol. The molecule has 15 nitrogen and oxygen atoms in total. The summed E-state index contributed by atoms with van der Waals surface area (Å²) >= 11 is 0. The number of fused-ring (bicyclic) bond motifs is 2. The fourth-order valence-electron chi connectivity index (χ4n) is 10.5. The molecule has 10 rings (SSSR count). The van der Waals surface area contributed by atoms with Gasteiger partial charge in [-0.1, -0.05) is 62.4 Å². The van der Waals surface area contributed by atoms with Gasteiger partial charge in [-0.25, -0.2) is 19.6 Å². The van der Waals surface area contributed by atoms with Gasteiger partial charge in [-0.15, -0.1) is 0 Å². The van der Waals surface area contributed by atoms with Gasteiger partial charge in [-0.2, -0.15) is 0 Å². The van der Waals surface area contributed by atoms with Crippen molar-refractivity contribution in [1.29, 1.82) is 0 Å². The first-order valence-corrected chi connectivity index (χ1v) is 21.8. The van der Waals surface area contributed by atoms with Crippen LogP contribution in [0.15, 0.2) is 60.9 Å². The molecule has 0 bridgehead atoms. The number of imidazole rings is 2. The number of hydrogen-bond donors (Lipinski definition) is 4. The molecular weight excluding hydrogens is 777 g/mol. The molecule has 4 amide bonds. The Labute approximate surface area is 354 Å². The number of benzene rings is 2. The molecule has 15 heteroatoms. The van der Waals surface area contributed by atoms with Gasteiger partial charge in [0.1, 0.15) is 23.7 Å². The van der Waals surface area contributed by atoms with Gasteiger partial charge in [0.25, 0.3) is 0 Å². The second-order valence-electron chi connectivity index (χ2n) is 18.4. The summed E-state index contributed by atoms with van der Waals surface area (Å²) in [5, 5.41) is 5.65. The number of rotatable bonds is 11. The van der Waals surface area contributed by atoms with Crippen LogP contribution in [-0.2, 0) is 23.8 Å². The Morgan fingerprint density at radius 2 is 1.21 bits per heavy atom. The van der Waals surface area contributed by atoms with Gasteiger partial charge in [-0.3, -0.25) is 9.59 Å². The molecule has 3 saturated carbocycles. The maximum atomic E-state index is 14.4. The van der Waals surface area contributed by atoms with Gasteiger partial charge >= 0.3 is 12.2 Å². The normalized spacial score (nSPS) is 27.5. The van der Waals surface area contributed by atoms with Crippen LogP contribution in [0.25, 0.3) is 33.6 Å². The number of piperidine rings is 2. The van der Waals surface area contributed by atoms with Crippen molar-refractivity contribution >= 4 is 24.0 Å². The number of H-pyrrole nitrogens is 2. The molecule has 3 aliphatic carbocycles. The molecule has 4 N–H and O–H groups in total. The molecule has 4 aromatic rings. The summed E-state index contributed by atoms with van der Waals surface area (Å²) in [6.07, 6.45) is 9.59. The number of aromatic amines is 2. The number of carbonyl (C=O) groups excluding carboxylic acids is 4. The van der Waals surface area contributed by atoms with E-state index in [1.165, 1.54) is 14.2 Å². The molecule has 61 heavy (non-hydrogen) atoms. The molecule has 5 heterocycles. The number of alkyl carbamates (subject to hydrolysis) is 2. The lowest BCUT2D eigenvalue weighted by Gasteiger charge is -2.37. The number of likely N-dealkylation sites (tertiary alicyclic amines) is 2. The van der Waals surface area contributed by atoms with Crippen molar-refractivity contribution in [1.82, 2.24) is 40.4 Å². The van der Waals surface area contributed by atoms with Crippen molar-refractivity contribution in [2.45, 2.75) is 107 Å². The zero-order valence-electron chi connectivity index (χ0n) is 35.1. The van der Waals surface area contributed by atoms with Gasteiger partial charge < -0.3 is 44.6 Å². The summed E-state index contributed by atoms with van der Waals surface area (Å²) in [6, 6.07) is 15.3. The van der Waals surface area contributed by atoms with E-state index in [0.717, 1.165) is 96.7 Å². The Bertz CT molecular complexity index is 2320. The predicted octanol–water partition coefficient (Wildman–Crippen LogP) is 6.52. The first kappa shape index (κ1) is 39.4. The summed E-state index contributed by atoms with van der Waals surface area (Å²) < 4.78 is 15.8. The van der Waals surface area contributed by atoms with Crippen LogP contribution < -0.4 is 10.6 Å². The molecule has 9 atom stereocenters. The molecule has 2 aromatic carbocycles. The standard InChI is InChI=1S/C46H54N8O7/c1-24(2)38(51-44(57)59-3)42(55)53-34-17-30(34)19-36(53)40-47-22-32(49-40)27-9-5-25(6-10-27)26-7-11-28(12-8-26)33-23-48-41(50-33)37-20-31-18-35(31)54(37)43(56)39(52-45(58)60-4)29-13-16-61-46(21-29)14-15-46/h5-12,22-24,29-31,34-39H,13-21H2,1-4H3,(H,47,49)(H,48,50)(H,51,57)(H,52,58)/t29?,30-,31-,34-,35-,36+,37+,38+,39?/m1/s1. The molecule has 6 aliphatic rings. The summed E-state index contributed by atoms with van der Waals surface area (Å²) in [7, 11) is 2.64. The Balaban J connectivity index is 0.806. The summed E-state index contributed by atoms with van der Waals surface area (Å²) in [5.74, 6) is 2.13. The Kier molecular flexibility index (Phi) is 9.91. The number of hydrogen-bond acceptors (Lipinski definition) is 9. The molecule has 3 aliphatic heterocycles. The second kappa shape index (κ2) is 15.3. The summed E-state index contributed by atoms with van der Waals surface area (Å²) in [6.45, 7) is 4.44. The largest absolute Gasteiger partial charge is 0.453 e. The SMILES string of the molecule is COC(=O)NC(C(=O)N1[C@@H]2C[C@@H]2C[C@H]1c1ncc(-c2ccc(-c3ccc(-c4cnc([C@@H]5C[C@H]6C[C@H]6N5C(=O)[C@@H](NC(=O)OC)C(C)C)[nH]4)cc3)cc2)[nH]1)C1CCOC2(CC2)C1. The maximum absolute atomic E-state index is 14.4. The highest BCUT2D eigenvalue weighted by atomic mass is 16.5. The molecule has 320 valence electrons. The third-order valence-electron chi connectivity index (χ3n) is 14.2. The highest BCUT2D eigenvalue weighted by Gasteiger charge is 2.58. The van der Waals surface area contributed by atoms with E-state index in [4.69, 9.17) is 24.2 Å². The third-order valence-corrected chi connectivity index (χ3v) is 14.2. The zero-order valence-corrected chi connectivity index (χ0v) is 35.1. The van der Waals surface area contributed by atoms with Gasteiger partial charge in [-0.05, 0) is 97.3 Å². The lowest BCUT2D eigenvalue weighted by Crippen LogP contribution is -2.54. The Hall–Kier alpha value is -5.70. The molecule has 6 fully saturated rings. The maximum Gasteiger partial charge on any atom is 0.407 e. The molecule has 2 unspecified atom stereocenters. The number of nitrogens with one attached hydrogen (secondary N) is 4. The van der Waals surface area contributed by atoms with Gasteiger partial charge in [0.15, 0.2) is 0 Å². The van der Waals surface area contributed by atoms with Crippen LogP contribution in [0.4, 0.5) is 9.59 Å². The minimum Gasteiger partial charge on any atom is -0.453 e. The Morgan fingerprint density at radius 1 is 0.721 bits per heavy atom. The fourth-order valence-corrected chi connectivity index (χ4v) is 10.5. The number of aromatic nitrogens is 4. The number of methoxy groups -OCH3 is 2. The number of carbonyl (C=O) groups is 4. The minimum atomic E-state index is -0.678. The topological polar surface area (TPSA) is 184 Å². The van der Waals surface area contributed by atoms with Gasteiger partial charge in [0.2, 0.25) is 11.8 Å². The van der Waals surface area contributed by atoms with E-state index in [2.05, 4.69) is 69.1 Å². The van der Waals surface area contributed by atoms with Crippen molar-refractivity contribution in [3.05, 3.63) is 72.6 Å². The molecule has 0 radical (unpaired) electrons. The molecule has 1 spiro atoms. The zero-order chi connectivity index (χ0) is 42.2. The second-order valence-corrected chi connectivity index (χ2v) is 18.4. The summed E-state index contributed by atoms with van der Waals surface area (Å²) in [4.78, 5) is 73.3. The van der Waals surface area contributed by atoms with Crippen molar-refractivity contribution in [3.63, 3.8) is 0 Å². The first-order valence-electron chi connectivity index (χ1n) is 21.8. The van der Waals surface area contributed by atoms with E-state index in [1.54, 1.807) is 0 Å². The lowest BCUT2D eigenvalue weighted by atomic mass is 9.86. The van der Waals surface area contributed by atoms with E-state index in [1.807, 2.05) is 36.0 Å². The Morgan fingerprint density at radius 3 is 1.70 bits per heavy atom. The van der Waals surface area contributed by atoms with Crippen molar-refractivity contribution in [3.8, 4) is 33.6 Å². The van der Waals surface area contributed by atoms with E-state index in [-0.39, 0.29) is 53.4 Å². The highest BCUT2D eigenvalue weighted by molar-refractivity contribution is 5.88. The number of amides is 4. The van der Waals surface area contributed by atoms with Crippen LogP contribution >= 0.6 is 0 Å². The number of nitrogens with zero attached hydrogens (tertiary/aromatic N) is 4. The molecule has 2 aromatic heterocycles. The lowest BCUT2D eigenvalue weighted by molar-refractivity contribution is -0.139. The molecule has 3 saturated heterocycles. The smallest absolute Gasteiger partial charge is 0.407 e. The fraction of sp³-hybridized carbons (Fsp3) is 0.522. The van der Waals surface area contributed by atoms with E-state index >= 15 is 0 Å². The van der Waals surface area contributed by atoms with Crippen LogP contribution in [0.3, 0.4) is 0 Å². The van der Waals surface area contributed by atoms with Crippen molar-refractivity contribution < 1.29 is 33.4 Å². The summed E-state index contributed by atoms with van der Waals surface area (Å²) in [5.41, 5.74) is 5.73. The van der Waals surface area contributed by atoms with Crippen LogP contribution in [0.2, 0.25) is 0 Å². The van der Waals surface area contributed by atoms with Crippen molar-refractivity contribution in [2.75, 3.05) is 20.8 Å². The van der Waals surface area contributed by atoms with Crippen molar-refractivity contribution in [2.24, 2.45) is 23.7 Å². The first-order chi connectivity index (χ1) is 29.5. The van der Waals surface area contributed by atoms with Crippen LogP contribution in [-0.4, -0.2) is 104 Å². The van der Waals surface area contributed by atoms with Crippen LogP contribution in [0.1, 0.15) is 88.9 Å². The average Bonchev–Trinajstić information content (AvgIpc) is 4.17. The minimum absolute atomic E-state index is 0.0126. The molecular formula is C46H54N8O7. The number of ether oxygens (including phenoxy) is 3. The highest BCUT2D eigenvalue weighted by Crippen LogP contribution is 2.55. The van der Waals surface area contributed by atoms with Gasteiger partial charge in [0, 0.05) is 18.7 Å². The third kappa shape index (κ3) is 7.44. The van der Waals surface area contributed by atoms with E-state index in [9.17, 15) is 19.2 Å².